The van der Waals surface area contributed by atoms with Crippen molar-refractivity contribution in [2.24, 2.45) is 0 Å². The number of fused-ring (bicyclic) bond motifs is 1. The summed E-state index contributed by atoms with van der Waals surface area (Å²) in [7, 11) is 0. The average molecular weight is 311 g/mol. The molecule has 5 nitrogen and oxygen atoms in total. The number of halogens is 1. The largest absolute Gasteiger partial charge is 0.473 e. The standard InChI is InChI=1S/C13H11ClN2O3S/c1-20-13-15-11(14)5-12(16-13)17-6-8-2-3-9-10(4-8)19-7-18-9/h2-5H,6-7H2,1H3. The van der Waals surface area contributed by atoms with Crippen molar-refractivity contribution in [1.29, 1.82) is 0 Å². The van der Waals surface area contributed by atoms with Gasteiger partial charge in [0.1, 0.15) is 11.8 Å². The Bertz CT molecular complexity index is 639. The molecule has 20 heavy (non-hydrogen) atoms. The summed E-state index contributed by atoms with van der Waals surface area (Å²) in [4.78, 5) is 8.28. The molecule has 1 aliphatic rings. The molecule has 0 amide bonds. The number of rotatable bonds is 4. The molecule has 2 aromatic rings. The van der Waals surface area contributed by atoms with Gasteiger partial charge in [-0.15, -0.1) is 0 Å². The summed E-state index contributed by atoms with van der Waals surface area (Å²) in [5, 5.41) is 0.947. The van der Waals surface area contributed by atoms with Gasteiger partial charge in [0.2, 0.25) is 12.7 Å². The van der Waals surface area contributed by atoms with Crippen molar-refractivity contribution in [2.45, 2.75) is 11.8 Å². The fourth-order valence-corrected chi connectivity index (χ4v) is 2.32. The van der Waals surface area contributed by atoms with Gasteiger partial charge in [-0.25, -0.2) is 4.98 Å². The first-order valence-electron chi connectivity index (χ1n) is 5.84. The van der Waals surface area contributed by atoms with Crippen molar-refractivity contribution in [3.05, 3.63) is 35.0 Å². The molecule has 2 heterocycles. The van der Waals surface area contributed by atoms with Crippen LogP contribution in [0.5, 0.6) is 17.4 Å². The van der Waals surface area contributed by atoms with Crippen LogP contribution in [0.2, 0.25) is 5.15 Å². The van der Waals surface area contributed by atoms with Gasteiger partial charge in [0.25, 0.3) is 0 Å². The normalized spacial score (nSPS) is 12.5. The second-order valence-corrected chi connectivity index (χ2v) is 5.15. The minimum Gasteiger partial charge on any atom is -0.473 e. The lowest BCUT2D eigenvalue weighted by Crippen LogP contribution is -1.99. The van der Waals surface area contributed by atoms with Gasteiger partial charge in [0.05, 0.1) is 0 Å². The van der Waals surface area contributed by atoms with Crippen molar-refractivity contribution < 1.29 is 14.2 Å². The van der Waals surface area contributed by atoms with Crippen molar-refractivity contribution in [1.82, 2.24) is 9.97 Å². The first-order valence-corrected chi connectivity index (χ1v) is 7.45. The van der Waals surface area contributed by atoms with Gasteiger partial charge in [0.15, 0.2) is 16.7 Å². The van der Waals surface area contributed by atoms with E-state index in [1.807, 2.05) is 24.5 Å². The minimum absolute atomic E-state index is 0.262. The number of ether oxygens (including phenoxy) is 3. The van der Waals surface area contributed by atoms with Gasteiger partial charge in [-0.1, -0.05) is 29.4 Å². The van der Waals surface area contributed by atoms with Crippen LogP contribution in [-0.2, 0) is 6.61 Å². The van der Waals surface area contributed by atoms with Crippen molar-refractivity contribution in [3.8, 4) is 17.4 Å². The summed E-state index contributed by atoms with van der Waals surface area (Å²) in [6, 6.07) is 7.27. The van der Waals surface area contributed by atoms with Crippen LogP contribution in [0.1, 0.15) is 5.56 Å². The minimum atomic E-state index is 0.262. The number of benzene rings is 1. The maximum absolute atomic E-state index is 5.91. The molecule has 1 aliphatic heterocycles. The zero-order valence-electron chi connectivity index (χ0n) is 10.6. The molecule has 0 spiro atoms. The molecular formula is C13H11ClN2O3S. The molecule has 0 bridgehead atoms. The lowest BCUT2D eigenvalue weighted by atomic mass is 10.2. The summed E-state index contributed by atoms with van der Waals surface area (Å²) in [5.74, 6) is 1.94. The highest BCUT2D eigenvalue weighted by atomic mass is 35.5. The molecule has 0 N–H and O–H groups in total. The van der Waals surface area contributed by atoms with Gasteiger partial charge in [-0.3, -0.25) is 0 Å². The molecule has 1 aromatic carbocycles. The lowest BCUT2D eigenvalue weighted by Gasteiger charge is -2.07. The second-order valence-electron chi connectivity index (χ2n) is 3.99. The van der Waals surface area contributed by atoms with E-state index in [1.165, 1.54) is 11.8 Å². The Morgan fingerprint density at radius 2 is 2.10 bits per heavy atom. The molecular weight excluding hydrogens is 300 g/mol. The zero-order valence-corrected chi connectivity index (χ0v) is 12.2. The Kier molecular flexibility index (Phi) is 3.84. The zero-order chi connectivity index (χ0) is 13.9. The van der Waals surface area contributed by atoms with Crippen molar-refractivity contribution in [3.63, 3.8) is 0 Å². The second kappa shape index (κ2) is 5.76. The van der Waals surface area contributed by atoms with E-state index in [-0.39, 0.29) is 6.79 Å². The highest BCUT2D eigenvalue weighted by Gasteiger charge is 2.13. The Labute approximate surface area is 125 Å². The molecule has 0 saturated carbocycles. The quantitative estimate of drug-likeness (QED) is 0.491. The average Bonchev–Trinajstić information content (AvgIpc) is 2.92. The molecule has 0 saturated heterocycles. The molecule has 7 heteroatoms. The third-order valence-corrected chi connectivity index (χ3v) is 3.40. The monoisotopic (exact) mass is 310 g/mol. The van der Waals surface area contributed by atoms with Crippen molar-refractivity contribution in [2.75, 3.05) is 13.0 Å². The van der Waals surface area contributed by atoms with Gasteiger partial charge >= 0.3 is 0 Å². The molecule has 1 aromatic heterocycles. The summed E-state index contributed by atoms with van der Waals surface area (Å²) < 4.78 is 16.2. The van der Waals surface area contributed by atoms with E-state index < -0.39 is 0 Å². The first-order chi connectivity index (χ1) is 9.74. The highest BCUT2D eigenvalue weighted by Crippen LogP contribution is 2.32. The summed E-state index contributed by atoms with van der Waals surface area (Å²) in [6.07, 6.45) is 1.88. The van der Waals surface area contributed by atoms with E-state index in [0.29, 0.717) is 22.8 Å². The van der Waals surface area contributed by atoms with E-state index in [9.17, 15) is 0 Å². The van der Waals surface area contributed by atoms with Crippen LogP contribution in [0.3, 0.4) is 0 Å². The number of hydrogen-bond acceptors (Lipinski definition) is 6. The molecule has 0 atom stereocenters. The van der Waals surface area contributed by atoms with E-state index in [2.05, 4.69) is 9.97 Å². The smallest absolute Gasteiger partial charge is 0.231 e. The molecule has 0 fully saturated rings. The highest BCUT2D eigenvalue weighted by molar-refractivity contribution is 7.98. The molecule has 0 radical (unpaired) electrons. The summed E-state index contributed by atoms with van der Waals surface area (Å²) in [5.41, 5.74) is 0.967. The van der Waals surface area contributed by atoms with Crippen molar-refractivity contribution >= 4 is 23.4 Å². The molecule has 0 unspecified atom stereocenters. The van der Waals surface area contributed by atoms with E-state index in [4.69, 9.17) is 25.8 Å². The first kappa shape index (κ1) is 13.3. The Morgan fingerprint density at radius 1 is 1.25 bits per heavy atom. The molecule has 0 aliphatic carbocycles. The Morgan fingerprint density at radius 3 is 2.95 bits per heavy atom. The molecule has 3 rings (SSSR count). The van der Waals surface area contributed by atoms with Crippen LogP contribution in [0.4, 0.5) is 0 Å². The third kappa shape index (κ3) is 2.91. The fourth-order valence-electron chi connectivity index (χ4n) is 1.73. The van der Waals surface area contributed by atoms with Crippen LogP contribution >= 0.6 is 23.4 Å². The predicted molar refractivity (Wildman–Crippen MR) is 75.7 cm³/mol. The SMILES string of the molecule is CSc1nc(Cl)cc(OCc2ccc3c(c2)OCO3)n1. The maximum atomic E-state index is 5.91. The number of thioether (sulfide) groups is 1. The van der Waals surface area contributed by atoms with E-state index in [0.717, 1.165) is 17.1 Å². The fraction of sp³-hybridized carbons (Fsp3) is 0.231. The van der Waals surface area contributed by atoms with Gasteiger partial charge in [-0.05, 0) is 24.0 Å². The summed E-state index contributed by atoms with van der Waals surface area (Å²) in [6.45, 7) is 0.635. The lowest BCUT2D eigenvalue weighted by molar-refractivity contribution is 0.174. The molecule has 104 valence electrons. The van der Waals surface area contributed by atoms with Crippen LogP contribution < -0.4 is 14.2 Å². The van der Waals surface area contributed by atoms with Gasteiger partial charge in [0, 0.05) is 6.07 Å². The number of nitrogens with zero attached hydrogens (tertiary/aromatic N) is 2. The van der Waals surface area contributed by atoms with Crippen LogP contribution in [-0.4, -0.2) is 23.0 Å². The third-order valence-electron chi connectivity index (χ3n) is 2.66. The Hall–Kier alpha value is -1.66. The van der Waals surface area contributed by atoms with Gasteiger partial charge < -0.3 is 14.2 Å². The Balaban J connectivity index is 1.71. The predicted octanol–water partition coefficient (Wildman–Crippen LogP) is 3.16. The van der Waals surface area contributed by atoms with Crippen LogP contribution in [0, 0.1) is 0 Å². The van der Waals surface area contributed by atoms with Crippen LogP contribution in [0.25, 0.3) is 0 Å². The van der Waals surface area contributed by atoms with E-state index in [1.54, 1.807) is 6.07 Å². The van der Waals surface area contributed by atoms with Crippen LogP contribution in [0.15, 0.2) is 29.4 Å². The maximum Gasteiger partial charge on any atom is 0.231 e. The number of aromatic nitrogens is 2. The topological polar surface area (TPSA) is 53.5 Å². The van der Waals surface area contributed by atoms with E-state index >= 15 is 0 Å². The summed E-state index contributed by atoms with van der Waals surface area (Å²) >= 11 is 7.32. The van der Waals surface area contributed by atoms with Gasteiger partial charge in [-0.2, -0.15) is 4.98 Å². The number of hydrogen-bond donors (Lipinski definition) is 0.